The van der Waals surface area contributed by atoms with Crippen LogP contribution in [0.3, 0.4) is 0 Å². The maximum absolute atomic E-state index is 12.1. The van der Waals surface area contributed by atoms with E-state index in [0.717, 1.165) is 5.56 Å². The monoisotopic (exact) mass is 335 g/mol. The van der Waals surface area contributed by atoms with E-state index in [2.05, 4.69) is 20.8 Å². The molecule has 0 bridgehead atoms. The third-order valence-corrected chi connectivity index (χ3v) is 3.67. The summed E-state index contributed by atoms with van der Waals surface area (Å²) in [6.07, 6.45) is 0. The minimum absolute atomic E-state index is 0.167. The van der Waals surface area contributed by atoms with E-state index < -0.39 is 5.97 Å². The van der Waals surface area contributed by atoms with Crippen LogP contribution in [-0.4, -0.2) is 18.9 Å². The molecule has 0 saturated carbocycles. The van der Waals surface area contributed by atoms with Crippen LogP contribution >= 0.6 is 0 Å². The highest BCUT2D eigenvalue weighted by molar-refractivity contribution is 6.02. The van der Waals surface area contributed by atoms with Gasteiger partial charge in [0, 0.05) is 5.56 Å². The first-order chi connectivity index (χ1) is 12.3. The standard InChI is InChI=1S/C17H13N5O3/c1-24-13-9-7-12(8-10-13)22-14(17(23)25-21-22)16-18-15(19-20-16)11-5-3-2-4-6-11/h2-10,21H,1H3/b16-14-. The molecule has 8 heteroatoms. The zero-order valence-electron chi connectivity index (χ0n) is 13.2. The average Bonchev–Trinajstić information content (AvgIpc) is 3.29. The van der Waals surface area contributed by atoms with Crippen LogP contribution in [0.4, 0.5) is 5.69 Å². The number of aliphatic imine (C=N–C) groups is 1. The van der Waals surface area contributed by atoms with Crippen LogP contribution in [0.25, 0.3) is 0 Å². The van der Waals surface area contributed by atoms with Crippen LogP contribution in [0.5, 0.6) is 5.75 Å². The number of nitrogens with one attached hydrogen (secondary N) is 1. The highest BCUT2D eigenvalue weighted by Crippen LogP contribution is 2.29. The zero-order chi connectivity index (χ0) is 17.2. The highest BCUT2D eigenvalue weighted by atomic mass is 16.7. The first-order valence-electron chi connectivity index (χ1n) is 7.47. The average molecular weight is 335 g/mol. The summed E-state index contributed by atoms with van der Waals surface area (Å²) in [5, 5.41) is 9.55. The number of anilines is 1. The lowest BCUT2D eigenvalue weighted by Gasteiger charge is -2.15. The summed E-state index contributed by atoms with van der Waals surface area (Å²) in [4.78, 5) is 21.4. The Balaban J connectivity index is 1.71. The summed E-state index contributed by atoms with van der Waals surface area (Å²) in [5.41, 5.74) is 4.21. The maximum atomic E-state index is 12.1. The largest absolute Gasteiger partial charge is 0.497 e. The molecule has 124 valence electrons. The van der Waals surface area contributed by atoms with Gasteiger partial charge in [0.25, 0.3) is 0 Å². The number of hydrogen-bond donors (Lipinski definition) is 1. The van der Waals surface area contributed by atoms with Gasteiger partial charge in [0.05, 0.1) is 12.8 Å². The van der Waals surface area contributed by atoms with Gasteiger partial charge in [-0.1, -0.05) is 35.9 Å². The Bertz CT molecular complexity index is 904. The van der Waals surface area contributed by atoms with Crippen molar-refractivity contribution in [2.45, 2.75) is 0 Å². The summed E-state index contributed by atoms with van der Waals surface area (Å²) < 4.78 is 5.14. The smallest absolute Gasteiger partial charge is 0.380 e. The van der Waals surface area contributed by atoms with Crippen molar-refractivity contribution in [1.82, 2.24) is 5.59 Å². The zero-order valence-corrected chi connectivity index (χ0v) is 13.2. The number of benzene rings is 2. The minimum atomic E-state index is -0.581. The van der Waals surface area contributed by atoms with E-state index in [1.165, 1.54) is 5.01 Å². The van der Waals surface area contributed by atoms with E-state index in [-0.39, 0.29) is 11.5 Å². The number of azo groups is 1. The summed E-state index contributed by atoms with van der Waals surface area (Å²) in [6.45, 7) is 0. The Hall–Kier alpha value is -3.52. The summed E-state index contributed by atoms with van der Waals surface area (Å²) >= 11 is 0. The van der Waals surface area contributed by atoms with E-state index in [1.807, 2.05) is 30.3 Å². The quantitative estimate of drug-likeness (QED) is 0.871. The first kappa shape index (κ1) is 15.0. The van der Waals surface area contributed by atoms with Gasteiger partial charge in [-0.15, -0.1) is 10.2 Å². The summed E-state index contributed by atoms with van der Waals surface area (Å²) in [7, 11) is 1.59. The fourth-order valence-electron chi connectivity index (χ4n) is 2.43. The molecule has 1 N–H and O–H groups in total. The van der Waals surface area contributed by atoms with E-state index in [0.29, 0.717) is 17.3 Å². The van der Waals surface area contributed by atoms with Crippen LogP contribution in [0, 0.1) is 0 Å². The molecular formula is C17H13N5O3. The molecule has 2 aliphatic rings. The van der Waals surface area contributed by atoms with Gasteiger partial charge in [-0.3, -0.25) is 0 Å². The fraction of sp³-hybridized carbons (Fsp3) is 0.0588. The number of hydrogen-bond acceptors (Lipinski definition) is 8. The van der Waals surface area contributed by atoms with Crippen molar-refractivity contribution < 1.29 is 14.4 Å². The molecule has 25 heavy (non-hydrogen) atoms. The van der Waals surface area contributed by atoms with Gasteiger partial charge in [0.1, 0.15) is 5.75 Å². The lowest BCUT2D eigenvalue weighted by Crippen LogP contribution is -2.29. The van der Waals surface area contributed by atoms with E-state index in [1.54, 1.807) is 31.4 Å². The Morgan fingerprint density at radius 3 is 2.52 bits per heavy atom. The number of ether oxygens (including phenoxy) is 1. The number of nitrogens with zero attached hydrogens (tertiary/aromatic N) is 4. The van der Waals surface area contributed by atoms with Gasteiger partial charge in [-0.2, -0.15) is 0 Å². The fourth-order valence-corrected chi connectivity index (χ4v) is 2.43. The Labute approximate surface area is 143 Å². The molecular weight excluding hydrogens is 322 g/mol. The van der Waals surface area contributed by atoms with Crippen molar-refractivity contribution in [2.75, 3.05) is 12.1 Å². The van der Waals surface area contributed by atoms with Gasteiger partial charge in [0.15, 0.2) is 11.5 Å². The number of carbonyl (C=O) groups is 1. The summed E-state index contributed by atoms with van der Waals surface area (Å²) in [5.74, 6) is 0.749. The van der Waals surface area contributed by atoms with Crippen molar-refractivity contribution in [3.05, 3.63) is 71.7 Å². The molecule has 2 aliphatic heterocycles. The number of hydrazine groups is 1. The number of rotatable bonds is 3. The number of amidine groups is 1. The summed E-state index contributed by atoms with van der Waals surface area (Å²) in [6, 6.07) is 16.5. The number of carbonyl (C=O) groups excluding carboxylic acids is 1. The Morgan fingerprint density at radius 1 is 1.04 bits per heavy atom. The predicted molar refractivity (Wildman–Crippen MR) is 89.6 cm³/mol. The second kappa shape index (κ2) is 6.17. The normalized spacial score (nSPS) is 19.2. The second-order valence-electron chi connectivity index (χ2n) is 5.19. The van der Waals surface area contributed by atoms with E-state index in [4.69, 9.17) is 9.57 Å². The molecule has 4 rings (SSSR count). The minimum Gasteiger partial charge on any atom is -0.497 e. The molecule has 1 fully saturated rings. The predicted octanol–water partition coefficient (Wildman–Crippen LogP) is 2.56. The Kier molecular flexibility index (Phi) is 3.71. The lowest BCUT2D eigenvalue weighted by molar-refractivity contribution is -0.140. The number of methoxy groups -OCH3 is 1. The van der Waals surface area contributed by atoms with Crippen LogP contribution in [0.2, 0.25) is 0 Å². The molecule has 1 saturated heterocycles. The molecule has 0 aromatic heterocycles. The SMILES string of the molecule is COc1ccc(N2NOC(=O)/C2=C2/N=NC(c3ccccc3)=N2)cc1. The van der Waals surface area contributed by atoms with Crippen molar-refractivity contribution >= 4 is 17.5 Å². The van der Waals surface area contributed by atoms with Crippen LogP contribution in [0.15, 0.2) is 81.3 Å². The Morgan fingerprint density at radius 2 is 1.80 bits per heavy atom. The molecule has 0 aliphatic carbocycles. The lowest BCUT2D eigenvalue weighted by atomic mass is 10.2. The second-order valence-corrected chi connectivity index (χ2v) is 5.19. The van der Waals surface area contributed by atoms with Gasteiger partial charge in [0.2, 0.25) is 5.82 Å². The molecule has 0 atom stereocenters. The van der Waals surface area contributed by atoms with Gasteiger partial charge in [-0.25, -0.2) is 14.8 Å². The van der Waals surface area contributed by atoms with Crippen LogP contribution in [-0.2, 0) is 9.63 Å². The molecule has 2 aromatic rings. The van der Waals surface area contributed by atoms with Gasteiger partial charge >= 0.3 is 5.97 Å². The molecule has 0 unspecified atom stereocenters. The van der Waals surface area contributed by atoms with Crippen molar-refractivity contribution in [1.29, 1.82) is 0 Å². The van der Waals surface area contributed by atoms with Crippen LogP contribution < -0.4 is 15.3 Å². The van der Waals surface area contributed by atoms with Crippen molar-refractivity contribution in [2.24, 2.45) is 15.2 Å². The van der Waals surface area contributed by atoms with Crippen molar-refractivity contribution in [3.63, 3.8) is 0 Å². The molecule has 2 aromatic carbocycles. The maximum Gasteiger partial charge on any atom is 0.380 e. The van der Waals surface area contributed by atoms with Crippen LogP contribution in [0.1, 0.15) is 5.56 Å². The molecule has 8 nitrogen and oxygen atoms in total. The third-order valence-electron chi connectivity index (χ3n) is 3.67. The van der Waals surface area contributed by atoms with E-state index >= 15 is 0 Å². The van der Waals surface area contributed by atoms with Gasteiger partial charge < -0.3 is 9.57 Å². The topological polar surface area (TPSA) is 87.9 Å². The first-order valence-corrected chi connectivity index (χ1v) is 7.47. The highest BCUT2D eigenvalue weighted by Gasteiger charge is 2.34. The molecule has 2 heterocycles. The van der Waals surface area contributed by atoms with Gasteiger partial charge in [-0.05, 0) is 24.3 Å². The van der Waals surface area contributed by atoms with E-state index in [9.17, 15) is 4.79 Å². The molecule has 0 amide bonds. The molecule has 0 radical (unpaired) electrons. The molecule has 0 spiro atoms. The third kappa shape index (κ3) is 2.74. The van der Waals surface area contributed by atoms with Crippen molar-refractivity contribution in [3.8, 4) is 5.75 Å².